The molecular formula is C33H46N4O6. The second-order valence-corrected chi connectivity index (χ2v) is 14.3. The van der Waals surface area contributed by atoms with Crippen LogP contribution in [-0.4, -0.2) is 72.7 Å². The van der Waals surface area contributed by atoms with E-state index in [1.54, 1.807) is 16.0 Å². The first-order valence-electron chi connectivity index (χ1n) is 15.2. The number of amides is 2. The van der Waals surface area contributed by atoms with Crippen molar-refractivity contribution < 1.29 is 28.5 Å². The standard InChI is InChI=1S/C33H46N4O6/c1-31(2,3)42-29(38)36-14-12-24(33(7,8)21-36)22-9-10-27-26(19-22)37(30(39)43-32(4,5)6)28-23(20-41-27)25(11-13-34-28)35-15-17-40-18-16-35/h9-11,13,19,24H,12,14-18,20-21H2,1-8H3/t24-/m0/s1. The predicted molar refractivity (Wildman–Crippen MR) is 165 cm³/mol. The van der Waals surface area contributed by atoms with Crippen molar-refractivity contribution in [3.63, 3.8) is 0 Å². The molecule has 0 radical (unpaired) electrons. The van der Waals surface area contributed by atoms with Gasteiger partial charge >= 0.3 is 12.2 Å². The molecule has 0 spiro atoms. The zero-order valence-corrected chi connectivity index (χ0v) is 26.9. The van der Waals surface area contributed by atoms with Crippen LogP contribution in [0.15, 0.2) is 30.5 Å². The third kappa shape index (κ3) is 6.84. The minimum Gasteiger partial charge on any atom is -0.486 e. The fourth-order valence-corrected chi connectivity index (χ4v) is 6.16. The smallest absolute Gasteiger partial charge is 0.420 e. The normalized spacial score (nSPS) is 20.4. The number of hydrogen-bond donors (Lipinski definition) is 0. The Bertz CT molecular complexity index is 1360. The Morgan fingerprint density at radius 2 is 1.60 bits per heavy atom. The lowest BCUT2D eigenvalue weighted by Gasteiger charge is -2.44. The van der Waals surface area contributed by atoms with E-state index in [4.69, 9.17) is 23.9 Å². The molecule has 10 nitrogen and oxygen atoms in total. The van der Waals surface area contributed by atoms with Crippen molar-refractivity contribution in [2.24, 2.45) is 5.41 Å². The van der Waals surface area contributed by atoms with Gasteiger partial charge in [-0.2, -0.15) is 0 Å². The Labute approximate surface area is 255 Å². The summed E-state index contributed by atoms with van der Waals surface area (Å²) in [5, 5.41) is 0. The first-order chi connectivity index (χ1) is 20.1. The Hall–Kier alpha value is -3.53. The third-order valence-corrected chi connectivity index (χ3v) is 8.03. The molecule has 234 valence electrons. The molecule has 10 heteroatoms. The van der Waals surface area contributed by atoms with E-state index in [0.717, 1.165) is 36.3 Å². The molecule has 43 heavy (non-hydrogen) atoms. The average Bonchev–Trinajstić information content (AvgIpc) is 3.07. The number of nitrogens with zero attached hydrogens (tertiary/aromatic N) is 4. The van der Waals surface area contributed by atoms with Crippen molar-refractivity contribution in [3.8, 4) is 5.75 Å². The number of pyridine rings is 1. The first-order valence-corrected chi connectivity index (χ1v) is 15.2. The maximum absolute atomic E-state index is 13.9. The van der Waals surface area contributed by atoms with Gasteiger partial charge in [0.1, 0.15) is 23.6 Å². The molecule has 2 saturated heterocycles. The van der Waals surface area contributed by atoms with Gasteiger partial charge in [-0.05, 0) is 83.1 Å². The highest BCUT2D eigenvalue weighted by molar-refractivity contribution is 5.99. The van der Waals surface area contributed by atoms with Gasteiger partial charge in [-0.1, -0.05) is 19.9 Å². The van der Waals surface area contributed by atoms with Crippen LogP contribution in [0, 0.1) is 5.41 Å². The summed E-state index contributed by atoms with van der Waals surface area (Å²) in [7, 11) is 0. The second-order valence-electron chi connectivity index (χ2n) is 14.3. The van der Waals surface area contributed by atoms with E-state index in [1.165, 1.54) is 0 Å². The van der Waals surface area contributed by atoms with Crippen LogP contribution in [0.5, 0.6) is 5.75 Å². The van der Waals surface area contributed by atoms with Crippen LogP contribution in [0.4, 0.5) is 26.8 Å². The molecule has 2 aromatic rings. The predicted octanol–water partition coefficient (Wildman–Crippen LogP) is 6.63. The summed E-state index contributed by atoms with van der Waals surface area (Å²) in [5.74, 6) is 1.23. The number of carbonyl (C=O) groups is 2. The number of ether oxygens (including phenoxy) is 4. The molecule has 2 fully saturated rings. The molecule has 3 aliphatic heterocycles. The van der Waals surface area contributed by atoms with E-state index in [-0.39, 0.29) is 24.0 Å². The van der Waals surface area contributed by atoms with Crippen molar-refractivity contribution in [2.75, 3.05) is 49.2 Å². The van der Waals surface area contributed by atoms with Gasteiger partial charge in [-0.15, -0.1) is 0 Å². The molecule has 0 saturated carbocycles. The quantitative estimate of drug-likeness (QED) is 0.382. The average molecular weight is 595 g/mol. The highest BCUT2D eigenvalue weighted by Crippen LogP contribution is 2.47. The van der Waals surface area contributed by atoms with Crippen LogP contribution in [0.2, 0.25) is 0 Å². The molecule has 0 N–H and O–H groups in total. The van der Waals surface area contributed by atoms with Crippen LogP contribution in [0.25, 0.3) is 0 Å². The fourth-order valence-electron chi connectivity index (χ4n) is 6.16. The summed E-state index contributed by atoms with van der Waals surface area (Å²) >= 11 is 0. The van der Waals surface area contributed by atoms with Crippen LogP contribution in [0.3, 0.4) is 0 Å². The lowest BCUT2D eigenvalue weighted by Crippen LogP contribution is -2.48. The minimum absolute atomic E-state index is 0.132. The fraction of sp³-hybridized carbons (Fsp3) is 0.606. The third-order valence-electron chi connectivity index (χ3n) is 8.03. The number of anilines is 3. The second kappa shape index (κ2) is 11.5. The number of carbonyl (C=O) groups excluding carboxylic acids is 2. The van der Waals surface area contributed by atoms with E-state index < -0.39 is 17.3 Å². The summed E-state index contributed by atoms with van der Waals surface area (Å²) in [5.41, 5.74) is 1.97. The Balaban J connectivity index is 1.52. The van der Waals surface area contributed by atoms with Gasteiger partial charge in [-0.3, -0.25) is 0 Å². The van der Waals surface area contributed by atoms with Crippen molar-refractivity contribution >= 4 is 29.4 Å². The van der Waals surface area contributed by atoms with Crippen LogP contribution >= 0.6 is 0 Å². The van der Waals surface area contributed by atoms with Crippen LogP contribution in [0.1, 0.15) is 78.9 Å². The summed E-state index contributed by atoms with van der Waals surface area (Å²) in [4.78, 5) is 37.2. The molecule has 1 aromatic carbocycles. The molecule has 5 rings (SSSR count). The maximum Gasteiger partial charge on any atom is 0.420 e. The number of likely N-dealkylation sites (tertiary alicyclic amines) is 1. The topological polar surface area (TPSA) is 93.7 Å². The number of aromatic nitrogens is 1. The SMILES string of the molecule is CC(C)(C)OC(=O)N1CC[C@@H](c2ccc3c(c2)N(C(=O)OC(C)(C)C)c2nccc(N4CCOCC4)c2CO3)C(C)(C)C1. The summed E-state index contributed by atoms with van der Waals surface area (Å²) in [6.07, 6.45) is 1.70. The highest BCUT2D eigenvalue weighted by atomic mass is 16.6. The number of hydrogen-bond acceptors (Lipinski definition) is 8. The van der Waals surface area contributed by atoms with Crippen molar-refractivity contribution in [2.45, 2.75) is 85.5 Å². The lowest BCUT2D eigenvalue weighted by atomic mass is 9.70. The van der Waals surface area contributed by atoms with Gasteiger partial charge in [0.25, 0.3) is 0 Å². The zero-order valence-electron chi connectivity index (χ0n) is 26.9. The number of piperidine rings is 1. The van der Waals surface area contributed by atoms with E-state index in [1.807, 2.05) is 59.7 Å². The summed E-state index contributed by atoms with van der Waals surface area (Å²) in [6.45, 7) is 19.7. The van der Waals surface area contributed by atoms with Gasteiger partial charge < -0.3 is 28.7 Å². The largest absolute Gasteiger partial charge is 0.486 e. The summed E-state index contributed by atoms with van der Waals surface area (Å²) in [6, 6.07) is 8.03. The van der Waals surface area contributed by atoms with E-state index in [9.17, 15) is 9.59 Å². The number of fused-ring (bicyclic) bond motifs is 2. The Morgan fingerprint density at radius 3 is 2.26 bits per heavy atom. The van der Waals surface area contributed by atoms with Crippen LogP contribution in [-0.2, 0) is 20.8 Å². The molecule has 0 bridgehead atoms. The highest BCUT2D eigenvalue weighted by Gasteiger charge is 2.41. The Morgan fingerprint density at radius 1 is 0.930 bits per heavy atom. The van der Waals surface area contributed by atoms with Gasteiger partial charge in [0, 0.05) is 38.1 Å². The van der Waals surface area contributed by atoms with Gasteiger partial charge in [0.15, 0.2) is 5.82 Å². The zero-order chi connectivity index (χ0) is 31.2. The molecular weight excluding hydrogens is 548 g/mol. The van der Waals surface area contributed by atoms with Crippen LogP contribution < -0.4 is 14.5 Å². The number of morpholine rings is 1. The van der Waals surface area contributed by atoms with Gasteiger partial charge in [0.05, 0.1) is 24.5 Å². The first kappa shape index (κ1) is 30.9. The Kier molecular flexibility index (Phi) is 8.28. The van der Waals surface area contributed by atoms with Gasteiger partial charge in [0.2, 0.25) is 0 Å². The molecule has 4 heterocycles. The lowest BCUT2D eigenvalue weighted by molar-refractivity contribution is 0.00477. The molecule has 0 unspecified atom stereocenters. The monoisotopic (exact) mass is 594 g/mol. The number of rotatable bonds is 2. The maximum atomic E-state index is 13.9. The van der Waals surface area contributed by atoms with Gasteiger partial charge in [-0.25, -0.2) is 19.5 Å². The molecule has 2 amide bonds. The molecule has 1 atom stereocenters. The molecule has 3 aliphatic rings. The van der Waals surface area contributed by atoms with Crippen molar-refractivity contribution in [1.29, 1.82) is 0 Å². The molecule has 1 aromatic heterocycles. The van der Waals surface area contributed by atoms with E-state index in [0.29, 0.717) is 43.6 Å². The summed E-state index contributed by atoms with van der Waals surface area (Å²) < 4.78 is 23.6. The van der Waals surface area contributed by atoms with E-state index >= 15 is 0 Å². The van der Waals surface area contributed by atoms with Crippen molar-refractivity contribution in [3.05, 3.63) is 41.6 Å². The number of benzene rings is 1. The van der Waals surface area contributed by atoms with Crippen molar-refractivity contribution in [1.82, 2.24) is 9.88 Å². The molecule has 0 aliphatic carbocycles. The van der Waals surface area contributed by atoms with E-state index in [2.05, 4.69) is 24.8 Å². The minimum atomic E-state index is -0.708.